The molecule has 0 spiro atoms. The number of hydrogen-bond acceptors (Lipinski definition) is 4. The summed E-state index contributed by atoms with van der Waals surface area (Å²) >= 11 is 0. The van der Waals surface area contributed by atoms with Gasteiger partial charge in [0.1, 0.15) is 18.4 Å². The molecule has 1 saturated heterocycles. The van der Waals surface area contributed by atoms with E-state index in [0.717, 1.165) is 11.1 Å². The Bertz CT molecular complexity index is 776. The highest BCUT2D eigenvalue weighted by Gasteiger charge is 2.34. The highest BCUT2D eigenvalue weighted by atomic mass is 16.5. The highest BCUT2D eigenvalue weighted by Crippen LogP contribution is 2.25. The highest BCUT2D eigenvalue weighted by molar-refractivity contribution is 5.98. The van der Waals surface area contributed by atoms with Crippen LogP contribution in [0, 0.1) is 6.92 Å². The summed E-state index contributed by atoms with van der Waals surface area (Å²) in [4.78, 5) is 26.5. The Kier molecular flexibility index (Phi) is 5.00. The van der Waals surface area contributed by atoms with E-state index in [2.05, 4.69) is 5.32 Å². The SMILES string of the molecule is Cc1ccc(O)c(NC(=O)C2COCC(=O)N2Cc2ccccc2)c1. The second kappa shape index (κ2) is 7.36. The molecule has 1 aliphatic heterocycles. The van der Waals surface area contributed by atoms with Gasteiger partial charge in [-0.2, -0.15) is 0 Å². The van der Waals surface area contributed by atoms with Gasteiger partial charge in [-0.25, -0.2) is 0 Å². The third-order valence-electron chi connectivity index (χ3n) is 4.11. The van der Waals surface area contributed by atoms with Crippen molar-refractivity contribution in [3.63, 3.8) is 0 Å². The van der Waals surface area contributed by atoms with Gasteiger partial charge >= 0.3 is 0 Å². The summed E-state index contributed by atoms with van der Waals surface area (Å²) in [7, 11) is 0. The molecule has 6 nitrogen and oxygen atoms in total. The van der Waals surface area contributed by atoms with Crippen LogP contribution in [0.3, 0.4) is 0 Å². The number of aromatic hydroxyl groups is 1. The first kappa shape index (κ1) is 17.0. The van der Waals surface area contributed by atoms with Gasteiger partial charge in [0.2, 0.25) is 11.8 Å². The molecule has 1 atom stereocenters. The lowest BCUT2D eigenvalue weighted by atomic mass is 10.1. The molecule has 2 amide bonds. The lowest BCUT2D eigenvalue weighted by Crippen LogP contribution is -2.54. The zero-order valence-corrected chi connectivity index (χ0v) is 13.9. The number of hydrogen-bond donors (Lipinski definition) is 2. The molecular formula is C19H20N2O4. The largest absolute Gasteiger partial charge is 0.506 e. The molecule has 0 saturated carbocycles. The van der Waals surface area contributed by atoms with Crippen molar-refractivity contribution in [3.05, 3.63) is 59.7 Å². The second-order valence-corrected chi connectivity index (χ2v) is 6.05. The van der Waals surface area contributed by atoms with Crippen LogP contribution in [0.5, 0.6) is 5.75 Å². The quantitative estimate of drug-likeness (QED) is 0.835. The molecule has 1 unspecified atom stereocenters. The van der Waals surface area contributed by atoms with Gasteiger partial charge in [-0.3, -0.25) is 9.59 Å². The number of morpholine rings is 1. The lowest BCUT2D eigenvalue weighted by Gasteiger charge is -2.34. The van der Waals surface area contributed by atoms with E-state index in [9.17, 15) is 14.7 Å². The topological polar surface area (TPSA) is 78.9 Å². The normalized spacial score (nSPS) is 17.4. The molecule has 1 heterocycles. The van der Waals surface area contributed by atoms with Gasteiger partial charge in [0.25, 0.3) is 0 Å². The van der Waals surface area contributed by atoms with Crippen molar-refractivity contribution in [2.24, 2.45) is 0 Å². The van der Waals surface area contributed by atoms with Crippen molar-refractivity contribution in [1.29, 1.82) is 0 Å². The van der Waals surface area contributed by atoms with Crippen LogP contribution in [-0.4, -0.2) is 41.1 Å². The number of nitrogens with one attached hydrogen (secondary N) is 1. The molecule has 6 heteroatoms. The summed E-state index contributed by atoms with van der Waals surface area (Å²) in [6.45, 7) is 2.29. The molecule has 25 heavy (non-hydrogen) atoms. The summed E-state index contributed by atoms with van der Waals surface area (Å²) in [5, 5.41) is 12.6. The van der Waals surface area contributed by atoms with Crippen LogP contribution >= 0.6 is 0 Å². The number of nitrogens with zero attached hydrogens (tertiary/aromatic N) is 1. The first-order valence-electron chi connectivity index (χ1n) is 8.06. The average molecular weight is 340 g/mol. The number of anilines is 1. The number of carbonyl (C=O) groups excluding carboxylic acids is 2. The van der Waals surface area contributed by atoms with Crippen LogP contribution in [0.25, 0.3) is 0 Å². The van der Waals surface area contributed by atoms with E-state index >= 15 is 0 Å². The average Bonchev–Trinajstić information content (AvgIpc) is 2.61. The Balaban J connectivity index is 1.78. The van der Waals surface area contributed by atoms with Crippen molar-refractivity contribution >= 4 is 17.5 Å². The predicted molar refractivity (Wildman–Crippen MR) is 93.1 cm³/mol. The smallest absolute Gasteiger partial charge is 0.249 e. The van der Waals surface area contributed by atoms with E-state index < -0.39 is 6.04 Å². The molecule has 0 aromatic heterocycles. The molecule has 2 aromatic rings. The lowest BCUT2D eigenvalue weighted by molar-refractivity contribution is -0.154. The minimum absolute atomic E-state index is 0.0170. The van der Waals surface area contributed by atoms with E-state index in [0.29, 0.717) is 12.2 Å². The van der Waals surface area contributed by atoms with Gasteiger partial charge in [-0.1, -0.05) is 36.4 Å². The van der Waals surface area contributed by atoms with E-state index in [1.165, 1.54) is 11.0 Å². The van der Waals surface area contributed by atoms with Gasteiger partial charge in [0.05, 0.1) is 12.3 Å². The van der Waals surface area contributed by atoms with Gasteiger partial charge in [0.15, 0.2) is 0 Å². The first-order chi connectivity index (χ1) is 12.0. The minimum atomic E-state index is -0.749. The van der Waals surface area contributed by atoms with Crippen LogP contribution < -0.4 is 5.32 Å². The molecule has 130 valence electrons. The molecule has 2 N–H and O–H groups in total. The Morgan fingerprint density at radius 1 is 1.28 bits per heavy atom. The summed E-state index contributed by atoms with van der Waals surface area (Å²) in [6, 6.07) is 13.7. The number of benzene rings is 2. The number of phenolic OH excluding ortho intramolecular Hbond substituents is 1. The first-order valence-corrected chi connectivity index (χ1v) is 8.06. The van der Waals surface area contributed by atoms with E-state index in [4.69, 9.17) is 4.74 Å². The fourth-order valence-corrected chi connectivity index (χ4v) is 2.77. The van der Waals surface area contributed by atoms with Gasteiger partial charge in [-0.05, 0) is 30.2 Å². The van der Waals surface area contributed by atoms with Crippen LogP contribution in [-0.2, 0) is 20.9 Å². The van der Waals surface area contributed by atoms with Gasteiger partial charge in [0, 0.05) is 6.54 Å². The Morgan fingerprint density at radius 3 is 2.80 bits per heavy atom. The van der Waals surface area contributed by atoms with E-state index in [1.807, 2.05) is 37.3 Å². The fourth-order valence-electron chi connectivity index (χ4n) is 2.77. The Hall–Kier alpha value is -2.86. The number of aryl methyl sites for hydroxylation is 1. The maximum atomic E-state index is 12.7. The minimum Gasteiger partial charge on any atom is -0.506 e. The van der Waals surface area contributed by atoms with Crippen LogP contribution in [0.2, 0.25) is 0 Å². The monoisotopic (exact) mass is 340 g/mol. The van der Waals surface area contributed by atoms with Crippen molar-refractivity contribution in [3.8, 4) is 5.75 Å². The Morgan fingerprint density at radius 2 is 2.04 bits per heavy atom. The molecule has 3 rings (SSSR count). The third-order valence-corrected chi connectivity index (χ3v) is 4.11. The molecule has 0 radical (unpaired) electrons. The van der Waals surface area contributed by atoms with Crippen LogP contribution in [0.15, 0.2) is 48.5 Å². The molecule has 0 bridgehead atoms. The molecule has 2 aromatic carbocycles. The van der Waals surface area contributed by atoms with Crippen molar-refractivity contribution in [2.75, 3.05) is 18.5 Å². The summed E-state index contributed by atoms with van der Waals surface area (Å²) in [5.41, 5.74) is 2.17. The third kappa shape index (κ3) is 3.97. The molecule has 1 fully saturated rings. The van der Waals surface area contributed by atoms with Crippen LogP contribution in [0.4, 0.5) is 5.69 Å². The maximum absolute atomic E-state index is 12.7. The summed E-state index contributed by atoms with van der Waals surface area (Å²) in [5.74, 6) is -0.634. The van der Waals surface area contributed by atoms with E-state index in [-0.39, 0.29) is 30.8 Å². The number of carbonyl (C=O) groups is 2. The fraction of sp³-hybridized carbons (Fsp3) is 0.263. The van der Waals surface area contributed by atoms with Crippen molar-refractivity contribution in [2.45, 2.75) is 19.5 Å². The Labute approximate surface area is 146 Å². The molecule has 1 aliphatic rings. The summed E-state index contributed by atoms with van der Waals surface area (Å²) in [6.07, 6.45) is 0. The van der Waals surface area contributed by atoms with Crippen molar-refractivity contribution in [1.82, 2.24) is 4.90 Å². The summed E-state index contributed by atoms with van der Waals surface area (Å²) < 4.78 is 5.26. The number of phenols is 1. The number of ether oxygens (including phenoxy) is 1. The second-order valence-electron chi connectivity index (χ2n) is 6.05. The zero-order valence-electron chi connectivity index (χ0n) is 13.9. The van der Waals surface area contributed by atoms with Crippen LogP contribution in [0.1, 0.15) is 11.1 Å². The number of amides is 2. The maximum Gasteiger partial charge on any atom is 0.249 e. The van der Waals surface area contributed by atoms with E-state index in [1.54, 1.807) is 12.1 Å². The van der Waals surface area contributed by atoms with Gasteiger partial charge in [-0.15, -0.1) is 0 Å². The number of rotatable bonds is 4. The standard InChI is InChI=1S/C19H20N2O4/c1-13-7-8-17(22)15(9-13)20-19(24)16-11-25-12-18(23)21(16)10-14-5-3-2-4-6-14/h2-9,16,22H,10-12H2,1H3,(H,20,24). The molecule has 0 aliphatic carbocycles. The van der Waals surface area contributed by atoms with Crippen molar-refractivity contribution < 1.29 is 19.4 Å². The predicted octanol–water partition coefficient (Wildman–Crippen LogP) is 2.07. The zero-order chi connectivity index (χ0) is 17.8. The molecular weight excluding hydrogens is 320 g/mol. The van der Waals surface area contributed by atoms with Gasteiger partial charge < -0.3 is 20.1 Å².